The minimum Gasteiger partial charge on any atom is -0.481 e. The molecule has 1 atom stereocenters. The van der Waals surface area contributed by atoms with Crippen molar-refractivity contribution in [3.05, 3.63) is 34.7 Å². The number of aryl methyl sites for hydroxylation is 1. The molecule has 1 N–H and O–H groups in total. The maximum Gasteiger partial charge on any atom is 0.329 e. The highest BCUT2D eigenvalue weighted by atomic mass is 16.4. The maximum atomic E-state index is 12.7. The number of nitrogens with zero attached hydrogens (tertiary/aromatic N) is 3. The summed E-state index contributed by atoms with van der Waals surface area (Å²) in [5.74, 6) is -1.10. The van der Waals surface area contributed by atoms with Gasteiger partial charge >= 0.3 is 11.7 Å². The van der Waals surface area contributed by atoms with Crippen molar-refractivity contribution in [3.63, 3.8) is 0 Å². The van der Waals surface area contributed by atoms with Crippen LogP contribution in [-0.2, 0) is 22.7 Å². The molecule has 0 saturated carbocycles. The molecule has 3 rings (SSSR count). The fourth-order valence-electron chi connectivity index (χ4n) is 3.59. The minimum absolute atomic E-state index is 0.0674. The Bertz CT molecular complexity index is 882. The molecule has 7 heteroatoms. The van der Waals surface area contributed by atoms with E-state index in [9.17, 15) is 19.5 Å². The Morgan fingerprint density at radius 2 is 1.84 bits per heavy atom. The first-order valence-corrected chi connectivity index (χ1v) is 8.56. The van der Waals surface area contributed by atoms with Gasteiger partial charge in [0.1, 0.15) is 6.54 Å². The summed E-state index contributed by atoms with van der Waals surface area (Å²) in [5, 5.41) is 9.41. The van der Waals surface area contributed by atoms with Gasteiger partial charge in [0.05, 0.1) is 16.4 Å². The molecule has 1 aliphatic heterocycles. The number of para-hydroxylation sites is 2. The monoisotopic (exact) mass is 345 g/mol. The lowest BCUT2D eigenvalue weighted by Gasteiger charge is -2.37. The van der Waals surface area contributed by atoms with E-state index in [0.717, 1.165) is 11.0 Å². The SMILES string of the molecule is CCn1c(=O)n(CC(=O)N2CCCC(C)(C(=O)O)C2)c2ccccc21. The van der Waals surface area contributed by atoms with E-state index in [-0.39, 0.29) is 24.7 Å². The normalized spacial score (nSPS) is 20.8. The molecule has 1 aromatic carbocycles. The molecule has 7 nitrogen and oxygen atoms in total. The number of imidazole rings is 1. The molecule has 1 unspecified atom stereocenters. The van der Waals surface area contributed by atoms with Crippen molar-refractivity contribution in [2.24, 2.45) is 5.41 Å². The van der Waals surface area contributed by atoms with Crippen LogP contribution in [0.2, 0.25) is 0 Å². The summed E-state index contributed by atoms with van der Waals surface area (Å²) < 4.78 is 3.12. The van der Waals surface area contributed by atoms with Gasteiger partial charge in [0.25, 0.3) is 0 Å². The number of aliphatic carboxylic acids is 1. The lowest BCUT2D eigenvalue weighted by molar-refractivity contribution is -0.153. The number of carbonyl (C=O) groups excluding carboxylic acids is 1. The molecule has 0 spiro atoms. The van der Waals surface area contributed by atoms with E-state index in [0.29, 0.717) is 25.9 Å². The Balaban J connectivity index is 1.89. The van der Waals surface area contributed by atoms with Crippen molar-refractivity contribution in [1.82, 2.24) is 14.0 Å². The van der Waals surface area contributed by atoms with Crippen molar-refractivity contribution >= 4 is 22.9 Å². The average molecular weight is 345 g/mol. The van der Waals surface area contributed by atoms with Gasteiger partial charge < -0.3 is 10.0 Å². The van der Waals surface area contributed by atoms with Crippen LogP contribution in [-0.4, -0.2) is 44.1 Å². The Kier molecular flexibility index (Phi) is 4.41. The number of carboxylic acids is 1. The highest BCUT2D eigenvalue weighted by Gasteiger charge is 2.39. The molecule has 134 valence electrons. The molecule has 1 fully saturated rings. The number of carbonyl (C=O) groups is 2. The number of piperidine rings is 1. The second-order valence-corrected chi connectivity index (χ2v) is 6.89. The third kappa shape index (κ3) is 2.94. The summed E-state index contributed by atoms with van der Waals surface area (Å²) in [5.41, 5.74) is 0.392. The Labute approximate surface area is 145 Å². The van der Waals surface area contributed by atoms with E-state index in [1.54, 1.807) is 16.4 Å². The third-order valence-electron chi connectivity index (χ3n) is 5.10. The van der Waals surface area contributed by atoms with Gasteiger partial charge in [0.15, 0.2) is 0 Å². The van der Waals surface area contributed by atoms with Crippen LogP contribution in [0, 0.1) is 5.41 Å². The van der Waals surface area contributed by atoms with Gasteiger partial charge in [-0.05, 0) is 38.8 Å². The third-order valence-corrected chi connectivity index (χ3v) is 5.10. The number of benzene rings is 1. The van der Waals surface area contributed by atoms with Gasteiger partial charge in [-0.25, -0.2) is 4.79 Å². The minimum atomic E-state index is -0.920. The van der Waals surface area contributed by atoms with Crippen LogP contribution in [0.1, 0.15) is 26.7 Å². The summed E-state index contributed by atoms with van der Waals surface area (Å²) in [6.07, 6.45) is 1.21. The van der Waals surface area contributed by atoms with E-state index in [2.05, 4.69) is 0 Å². The van der Waals surface area contributed by atoms with E-state index in [1.807, 2.05) is 31.2 Å². The van der Waals surface area contributed by atoms with E-state index >= 15 is 0 Å². The second kappa shape index (κ2) is 6.38. The zero-order valence-corrected chi connectivity index (χ0v) is 14.6. The van der Waals surface area contributed by atoms with Crippen molar-refractivity contribution in [2.75, 3.05) is 13.1 Å². The quantitative estimate of drug-likeness (QED) is 0.911. The van der Waals surface area contributed by atoms with Crippen molar-refractivity contribution in [2.45, 2.75) is 39.8 Å². The fourth-order valence-corrected chi connectivity index (χ4v) is 3.59. The molecule has 1 amide bonds. The highest BCUT2D eigenvalue weighted by Crippen LogP contribution is 2.29. The molecule has 0 aliphatic carbocycles. The largest absolute Gasteiger partial charge is 0.481 e. The van der Waals surface area contributed by atoms with Crippen LogP contribution < -0.4 is 5.69 Å². The molecule has 2 heterocycles. The predicted molar refractivity (Wildman–Crippen MR) is 93.4 cm³/mol. The van der Waals surface area contributed by atoms with Gasteiger partial charge in [0, 0.05) is 19.6 Å². The van der Waals surface area contributed by atoms with Crippen molar-refractivity contribution < 1.29 is 14.7 Å². The highest BCUT2D eigenvalue weighted by molar-refractivity contribution is 5.82. The molecule has 1 aromatic heterocycles. The van der Waals surface area contributed by atoms with Crippen LogP contribution in [0.3, 0.4) is 0 Å². The second-order valence-electron chi connectivity index (χ2n) is 6.89. The topological polar surface area (TPSA) is 84.5 Å². The number of hydrogen-bond acceptors (Lipinski definition) is 3. The van der Waals surface area contributed by atoms with Crippen LogP contribution in [0.15, 0.2) is 29.1 Å². The number of rotatable bonds is 4. The first-order valence-electron chi connectivity index (χ1n) is 8.56. The van der Waals surface area contributed by atoms with E-state index in [4.69, 9.17) is 0 Å². The number of carboxylic acid groups (broad SMARTS) is 1. The van der Waals surface area contributed by atoms with Crippen molar-refractivity contribution in [1.29, 1.82) is 0 Å². The predicted octanol–water partition coefficient (Wildman–Crippen LogP) is 1.54. The van der Waals surface area contributed by atoms with Gasteiger partial charge in [-0.1, -0.05) is 12.1 Å². The molecule has 0 bridgehead atoms. The first kappa shape index (κ1) is 17.3. The standard InChI is InChI=1S/C18H23N3O4/c1-3-20-13-7-4-5-8-14(13)21(17(20)25)11-15(22)19-10-6-9-18(2,12-19)16(23)24/h4-5,7-8H,3,6,9-12H2,1-2H3,(H,23,24). The molecule has 1 saturated heterocycles. The molecule has 0 radical (unpaired) electrons. The maximum absolute atomic E-state index is 12.7. The van der Waals surface area contributed by atoms with Crippen LogP contribution in [0.25, 0.3) is 11.0 Å². The lowest BCUT2D eigenvalue weighted by Crippen LogP contribution is -2.49. The smallest absolute Gasteiger partial charge is 0.329 e. The van der Waals surface area contributed by atoms with Gasteiger partial charge in [-0.2, -0.15) is 0 Å². The van der Waals surface area contributed by atoms with Gasteiger partial charge in [-0.3, -0.25) is 18.7 Å². The van der Waals surface area contributed by atoms with Crippen molar-refractivity contribution in [3.8, 4) is 0 Å². The number of aromatic nitrogens is 2. The summed E-state index contributed by atoms with van der Waals surface area (Å²) in [6.45, 7) is 4.74. The van der Waals surface area contributed by atoms with Gasteiger partial charge in [0.2, 0.25) is 5.91 Å². The summed E-state index contributed by atoms with van der Waals surface area (Å²) in [4.78, 5) is 38.4. The van der Waals surface area contributed by atoms with Gasteiger partial charge in [-0.15, -0.1) is 0 Å². The van der Waals surface area contributed by atoms with E-state index in [1.165, 1.54) is 4.57 Å². The average Bonchev–Trinajstić information content (AvgIpc) is 2.86. The zero-order chi connectivity index (χ0) is 18.2. The summed E-state index contributed by atoms with van der Waals surface area (Å²) in [7, 11) is 0. The lowest BCUT2D eigenvalue weighted by atomic mass is 9.82. The Hall–Kier alpha value is -2.57. The molecular formula is C18H23N3O4. The van der Waals surface area contributed by atoms with E-state index < -0.39 is 11.4 Å². The van der Waals surface area contributed by atoms with Crippen LogP contribution in [0.5, 0.6) is 0 Å². The first-order chi connectivity index (χ1) is 11.9. The number of fused-ring (bicyclic) bond motifs is 1. The number of likely N-dealkylation sites (tertiary alicyclic amines) is 1. The summed E-state index contributed by atoms with van der Waals surface area (Å²) in [6, 6.07) is 7.39. The summed E-state index contributed by atoms with van der Waals surface area (Å²) >= 11 is 0. The van der Waals surface area contributed by atoms with Crippen LogP contribution in [0.4, 0.5) is 0 Å². The number of hydrogen-bond donors (Lipinski definition) is 1. The van der Waals surface area contributed by atoms with Crippen LogP contribution >= 0.6 is 0 Å². The zero-order valence-electron chi connectivity index (χ0n) is 14.6. The number of amides is 1. The molecule has 1 aliphatic rings. The molecule has 25 heavy (non-hydrogen) atoms. The fraction of sp³-hybridized carbons (Fsp3) is 0.500. The Morgan fingerprint density at radius 1 is 1.20 bits per heavy atom. The molecule has 2 aromatic rings. The molecular weight excluding hydrogens is 322 g/mol. The Morgan fingerprint density at radius 3 is 2.44 bits per heavy atom.